The van der Waals surface area contributed by atoms with E-state index in [9.17, 15) is 9.59 Å². The number of carbonyl (C=O) groups is 2. The van der Waals surface area contributed by atoms with E-state index in [2.05, 4.69) is 12.1 Å². The van der Waals surface area contributed by atoms with Crippen molar-refractivity contribution in [3.8, 4) is 22.3 Å². The number of benzene rings is 3. The minimum absolute atomic E-state index is 0.261. The molecule has 0 amide bonds. The highest BCUT2D eigenvalue weighted by molar-refractivity contribution is 5.89. The SMILES string of the molecule is Cc1cc(-c2ccc(C(=O)O)cc2)cc(C)c1-c1ccc(C(=O)O)cc1. The fourth-order valence-electron chi connectivity index (χ4n) is 3.17. The van der Waals surface area contributed by atoms with Crippen LogP contribution in [-0.2, 0) is 0 Å². The average molecular weight is 346 g/mol. The summed E-state index contributed by atoms with van der Waals surface area (Å²) in [5.74, 6) is -1.88. The number of rotatable bonds is 4. The summed E-state index contributed by atoms with van der Waals surface area (Å²) in [7, 11) is 0. The molecule has 0 bridgehead atoms. The summed E-state index contributed by atoms with van der Waals surface area (Å²) < 4.78 is 0. The zero-order valence-corrected chi connectivity index (χ0v) is 14.5. The molecule has 0 fully saturated rings. The van der Waals surface area contributed by atoms with Gasteiger partial charge in [-0.15, -0.1) is 0 Å². The van der Waals surface area contributed by atoms with Crippen molar-refractivity contribution >= 4 is 11.9 Å². The molecule has 0 atom stereocenters. The van der Waals surface area contributed by atoms with E-state index in [4.69, 9.17) is 10.2 Å². The molecule has 0 aliphatic heterocycles. The number of carboxylic acids is 2. The van der Waals surface area contributed by atoms with Gasteiger partial charge in [-0.25, -0.2) is 9.59 Å². The van der Waals surface area contributed by atoms with E-state index in [1.165, 1.54) is 0 Å². The lowest BCUT2D eigenvalue weighted by Crippen LogP contribution is -1.97. The molecule has 130 valence electrons. The van der Waals surface area contributed by atoms with Crippen LogP contribution in [0.2, 0.25) is 0 Å². The first-order valence-electron chi connectivity index (χ1n) is 8.15. The van der Waals surface area contributed by atoms with E-state index in [0.29, 0.717) is 0 Å². The summed E-state index contributed by atoms with van der Waals surface area (Å²) in [4.78, 5) is 22.0. The topological polar surface area (TPSA) is 74.6 Å². The lowest BCUT2D eigenvalue weighted by molar-refractivity contribution is 0.0686. The van der Waals surface area contributed by atoms with Gasteiger partial charge in [0.15, 0.2) is 0 Å². The molecular weight excluding hydrogens is 328 g/mol. The van der Waals surface area contributed by atoms with Gasteiger partial charge in [-0.05, 0) is 71.5 Å². The van der Waals surface area contributed by atoms with Crippen molar-refractivity contribution < 1.29 is 19.8 Å². The van der Waals surface area contributed by atoms with Crippen LogP contribution in [0.25, 0.3) is 22.3 Å². The third kappa shape index (κ3) is 3.35. The van der Waals surface area contributed by atoms with Crippen molar-refractivity contribution in [3.63, 3.8) is 0 Å². The molecule has 0 saturated heterocycles. The largest absolute Gasteiger partial charge is 0.478 e. The first-order valence-corrected chi connectivity index (χ1v) is 8.15. The quantitative estimate of drug-likeness (QED) is 0.694. The lowest BCUT2D eigenvalue weighted by Gasteiger charge is -2.14. The molecule has 3 rings (SSSR count). The molecule has 0 aliphatic rings. The maximum absolute atomic E-state index is 11.0. The maximum atomic E-state index is 11.0. The van der Waals surface area contributed by atoms with Crippen molar-refractivity contribution in [2.75, 3.05) is 0 Å². The fraction of sp³-hybridized carbons (Fsp3) is 0.0909. The Kier molecular flexibility index (Phi) is 4.59. The third-order valence-corrected chi connectivity index (χ3v) is 4.42. The van der Waals surface area contributed by atoms with E-state index >= 15 is 0 Å². The van der Waals surface area contributed by atoms with Crippen molar-refractivity contribution in [2.24, 2.45) is 0 Å². The predicted molar refractivity (Wildman–Crippen MR) is 101 cm³/mol. The number of aryl methyl sites for hydroxylation is 2. The smallest absolute Gasteiger partial charge is 0.335 e. The summed E-state index contributed by atoms with van der Waals surface area (Å²) in [6, 6.07) is 17.8. The van der Waals surface area contributed by atoms with Gasteiger partial charge >= 0.3 is 11.9 Å². The summed E-state index contributed by atoms with van der Waals surface area (Å²) in [6.07, 6.45) is 0. The highest BCUT2D eigenvalue weighted by atomic mass is 16.4. The maximum Gasteiger partial charge on any atom is 0.335 e. The fourth-order valence-corrected chi connectivity index (χ4v) is 3.17. The Labute approximate surface area is 151 Å². The van der Waals surface area contributed by atoms with Gasteiger partial charge in [0.25, 0.3) is 0 Å². The first kappa shape index (κ1) is 17.4. The summed E-state index contributed by atoms with van der Waals surface area (Å²) >= 11 is 0. The first-order chi connectivity index (χ1) is 12.4. The molecule has 0 saturated carbocycles. The summed E-state index contributed by atoms with van der Waals surface area (Å²) in [5, 5.41) is 18.0. The van der Waals surface area contributed by atoms with E-state index in [1.807, 2.05) is 26.0 Å². The molecule has 4 heteroatoms. The Bertz CT molecular complexity index is 961. The van der Waals surface area contributed by atoms with Crippen molar-refractivity contribution in [1.82, 2.24) is 0 Å². The Morgan fingerprint density at radius 3 is 1.38 bits per heavy atom. The minimum atomic E-state index is -0.941. The second kappa shape index (κ2) is 6.84. The Morgan fingerprint density at radius 1 is 0.615 bits per heavy atom. The number of hydrogen-bond donors (Lipinski definition) is 2. The number of carboxylic acid groups (broad SMARTS) is 2. The van der Waals surface area contributed by atoms with Gasteiger partial charge in [0, 0.05) is 0 Å². The zero-order valence-electron chi connectivity index (χ0n) is 14.5. The molecular formula is C22H18O4. The molecule has 4 nitrogen and oxygen atoms in total. The van der Waals surface area contributed by atoms with E-state index < -0.39 is 11.9 Å². The molecule has 3 aromatic carbocycles. The highest BCUT2D eigenvalue weighted by Gasteiger charge is 2.11. The Hall–Kier alpha value is -3.40. The van der Waals surface area contributed by atoms with E-state index in [0.717, 1.165) is 33.4 Å². The van der Waals surface area contributed by atoms with Crippen LogP contribution < -0.4 is 0 Å². The van der Waals surface area contributed by atoms with Gasteiger partial charge in [0.2, 0.25) is 0 Å². The second-order valence-corrected chi connectivity index (χ2v) is 6.25. The van der Waals surface area contributed by atoms with Crippen LogP contribution in [0.5, 0.6) is 0 Å². The highest BCUT2D eigenvalue weighted by Crippen LogP contribution is 2.32. The van der Waals surface area contributed by atoms with Crippen molar-refractivity contribution in [1.29, 1.82) is 0 Å². The van der Waals surface area contributed by atoms with E-state index in [-0.39, 0.29) is 11.1 Å². The van der Waals surface area contributed by atoms with Crippen molar-refractivity contribution in [3.05, 3.63) is 82.9 Å². The van der Waals surface area contributed by atoms with Crippen LogP contribution in [0.15, 0.2) is 60.7 Å². The molecule has 0 heterocycles. The summed E-state index contributed by atoms with van der Waals surface area (Å²) in [5.41, 5.74) is 6.69. The Balaban J connectivity index is 2.00. The molecule has 26 heavy (non-hydrogen) atoms. The van der Waals surface area contributed by atoms with Crippen LogP contribution in [0.3, 0.4) is 0 Å². The molecule has 3 aromatic rings. The monoisotopic (exact) mass is 346 g/mol. The van der Waals surface area contributed by atoms with Gasteiger partial charge < -0.3 is 10.2 Å². The van der Waals surface area contributed by atoms with Crippen LogP contribution in [0.4, 0.5) is 0 Å². The molecule has 0 aromatic heterocycles. The molecule has 2 N–H and O–H groups in total. The second-order valence-electron chi connectivity index (χ2n) is 6.25. The zero-order chi connectivity index (χ0) is 18.8. The summed E-state index contributed by atoms with van der Waals surface area (Å²) in [6.45, 7) is 4.03. The average Bonchev–Trinajstić information content (AvgIpc) is 2.61. The van der Waals surface area contributed by atoms with Gasteiger partial charge in [0.1, 0.15) is 0 Å². The predicted octanol–water partition coefficient (Wildman–Crippen LogP) is 5.03. The Morgan fingerprint density at radius 2 is 1.00 bits per heavy atom. The third-order valence-electron chi connectivity index (χ3n) is 4.42. The number of hydrogen-bond acceptors (Lipinski definition) is 2. The van der Waals surface area contributed by atoms with Gasteiger partial charge in [0.05, 0.1) is 11.1 Å². The van der Waals surface area contributed by atoms with Crippen LogP contribution in [0.1, 0.15) is 31.8 Å². The molecule has 0 radical (unpaired) electrons. The van der Waals surface area contributed by atoms with Gasteiger partial charge in [-0.3, -0.25) is 0 Å². The van der Waals surface area contributed by atoms with Gasteiger partial charge in [-0.1, -0.05) is 36.4 Å². The van der Waals surface area contributed by atoms with E-state index in [1.54, 1.807) is 36.4 Å². The standard InChI is InChI=1S/C22H18O4/c1-13-11-19(15-3-7-17(8-4-15)21(23)24)12-14(2)20(13)16-5-9-18(10-6-16)22(25)26/h3-12H,1-2H3,(H,23,24)(H,25,26). The van der Waals surface area contributed by atoms with Crippen LogP contribution >= 0.6 is 0 Å². The lowest BCUT2D eigenvalue weighted by atomic mass is 9.91. The number of aromatic carboxylic acids is 2. The molecule has 0 aliphatic carbocycles. The van der Waals surface area contributed by atoms with Gasteiger partial charge in [-0.2, -0.15) is 0 Å². The molecule has 0 spiro atoms. The van der Waals surface area contributed by atoms with Crippen LogP contribution in [-0.4, -0.2) is 22.2 Å². The van der Waals surface area contributed by atoms with Crippen LogP contribution in [0, 0.1) is 13.8 Å². The normalized spacial score (nSPS) is 10.5. The molecule has 0 unspecified atom stereocenters. The van der Waals surface area contributed by atoms with Crippen molar-refractivity contribution in [2.45, 2.75) is 13.8 Å². The minimum Gasteiger partial charge on any atom is -0.478 e.